The minimum absolute atomic E-state index is 0.0449. The number of halogens is 2. The van der Waals surface area contributed by atoms with Crippen molar-refractivity contribution in [2.45, 2.75) is 13.0 Å². The van der Waals surface area contributed by atoms with Gasteiger partial charge < -0.3 is 5.32 Å². The number of carbonyl (C=O) groups excluding carboxylic acids is 1. The first-order valence-corrected chi connectivity index (χ1v) is 7.23. The Kier molecular flexibility index (Phi) is 4.33. The molecule has 0 radical (unpaired) electrons. The van der Waals surface area contributed by atoms with Crippen molar-refractivity contribution in [3.8, 4) is 0 Å². The minimum atomic E-state index is -0.854. The van der Waals surface area contributed by atoms with Crippen LogP contribution in [0.15, 0.2) is 53.6 Å². The zero-order chi connectivity index (χ0) is 17.1. The molecular weight excluding hydrogens is 316 g/mol. The molecule has 1 N–H and O–H groups in total. The molecule has 1 aromatic heterocycles. The third-order valence-corrected chi connectivity index (χ3v) is 3.52. The molecule has 1 heterocycles. The summed E-state index contributed by atoms with van der Waals surface area (Å²) < 4.78 is 27.6. The minimum Gasteiger partial charge on any atom is -0.324 e. The van der Waals surface area contributed by atoms with Crippen LogP contribution in [-0.4, -0.2) is 15.5 Å². The Morgan fingerprint density at radius 1 is 1.17 bits per heavy atom. The van der Waals surface area contributed by atoms with Gasteiger partial charge in [-0.3, -0.25) is 14.2 Å². The Balaban J connectivity index is 1.70. The molecule has 7 heteroatoms. The van der Waals surface area contributed by atoms with Gasteiger partial charge in [0, 0.05) is 19.0 Å². The first-order valence-electron chi connectivity index (χ1n) is 7.23. The number of nitrogens with zero attached hydrogens (tertiary/aromatic N) is 2. The Bertz CT molecular complexity index is 969. The van der Waals surface area contributed by atoms with Gasteiger partial charge in [0.25, 0.3) is 5.56 Å². The summed E-state index contributed by atoms with van der Waals surface area (Å²) in [6.45, 7) is 0.102. The highest BCUT2D eigenvalue weighted by Gasteiger charge is 2.09. The summed E-state index contributed by atoms with van der Waals surface area (Å²) in [5.74, 6) is -2.06. The maximum atomic E-state index is 13.5. The van der Waals surface area contributed by atoms with Crippen LogP contribution in [0.2, 0.25) is 0 Å². The summed E-state index contributed by atoms with van der Waals surface area (Å²) in [6.07, 6.45) is 1.33. The van der Waals surface area contributed by atoms with Gasteiger partial charge in [-0.25, -0.2) is 13.8 Å². The van der Waals surface area contributed by atoms with E-state index in [9.17, 15) is 18.4 Å². The number of hydrogen-bond donors (Lipinski definition) is 1. The van der Waals surface area contributed by atoms with E-state index in [0.29, 0.717) is 17.0 Å². The van der Waals surface area contributed by atoms with E-state index >= 15 is 0 Å². The Morgan fingerprint density at radius 3 is 2.75 bits per heavy atom. The number of hydrogen-bond acceptors (Lipinski definition) is 3. The fraction of sp³-hybridized carbons (Fsp3) is 0.118. The molecule has 3 aromatic rings. The number of benzene rings is 2. The molecule has 5 nitrogen and oxygen atoms in total. The zero-order valence-electron chi connectivity index (χ0n) is 12.5. The van der Waals surface area contributed by atoms with Crippen molar-refractivity contribution in [1.82, 2.24) is 9.55 Å². The third kappa shape index (κ3) is 3.29. The molecule has 0 saturated heterocycles. The number of amides is 1. The lowest BCUT2D eigenvalue weighted by molar-refractivity contribution is -0.116. The van der Waals surface area contributed by atoms with Crippen LogP contribution in [0.1, 0.15) is 6.42 Å². The van der Waals surface area contributed by atoms with Crippen LogP contribution in [-0.2, 0) is 11.3 Å². The van der Waals surface area contributed by atoms with Crippen molar-refractivity contribution >= 4 is 22.5 Å². The Hall–Kier alpha value is -3.09. The number of fused-ring (bicyclic) bond motifs is 1. The first-order chi connectivity index (χ1) is 11.5. The number of carbonyl (C=O) groups is 1. The van der Waals surface area contributed by atoms with Gasteiger partial charge >= 0.3 is 0 Å². The van der Waals surface area contributed by atoms with Crippen LogP contribution in [0, 0.1) is 11.6 Å². The summed E-state index contributed by atoms with van der Waals surface area (Å²) in [5, 5.41) is 2.81. The second-order valence-electron chi connectivity index (χ2n) is 5.18. The molecule has 0 bridgehead atoms. The number of nitrogens with one attached hydrogen (secondary N) is 1. The summed E-state index contributed by atoms with van der Waals surface area (Å²) >= 11 is 0. The molecule has 0 saturated carbocycles. The highest BCUT2D eigenvalue weighted by atomic mass is 19.1. The van der Waals surface area contributed by atoms with Gasteiger partial charge in [0.1, 0.15) is 11.6 Å². The maximum Gasteiger partial charge on any atom is 0.261 e. The molecule has 2 aromatic carbocycles. The molecule has 24 heavy (non-hydrogen) atoms. The van der Waals surface area contributed by atoms with Crippen molar-refractivity contribution in [3.05, 3.63) is 70.8 Å². The lowest BCUT2D eigenvalue weighted by atomic mass is 10.2. The second-order valence-corrected chi connectivity index (χ2v) is 5.18. The van der Waals surface area contributed by atoms with Crippen molar-refractivity contribution < 1.29 is 13.6 Å². The van der Waals surface area contributed by atoms with Gasteiger partial charge in [0.05, 0.1) is 22.9 Å². The average Bonchev–Trinajstić information content (AvgIpc) is 2.57. The quantitative estimate of drug-likeness (QED) is 0.800. The molecule has 0 spiro atoms. The van der Waals surface area contributed by atoms with Crippen molar-refractivity contribution in [2.24, 2.45) is 0 Å². The third-order valence-electron chi connectivity index (χ3n) is 3.52. The topological polar surface area (TPSA) is 64.0 Å². The van der Waals surface area contributed by atoms with E-state index < -0.39 is 17.5 Å². The van der Waals surface area contributed by atoms with Crippen molar-refractivity contribution in [2.75, 3.05) is 5.32 Å². The molecule has 0 fully saturated rings. The number of rotatable bonds is 4. The predicted octanol–water partition coefficient (Wildman–Crippen LogP) is 2.70. The van der Waals surface area contributed by atoms with Crippen molar-refractivity contribution in [1.29, 1.82) is 0 Å². The van der Waals surface area contributed by atoms with E-state index in [-0.39, 0.29) is 24.2 Å². The Labute approximate surface area is 135 Å². The van der Waals surface area contributed by atoms with Crippen LogP contribution >= 0.6 is 0 Å². The van der Waals surface area contributed by atoms with Gasteiger partial charge in [0.15, 0.2) is 0 Å². The lowest BCUT2D eigenvalue weighted by Crippen LogP contribution is -2.23. The monoisotopic (exact) mass is 329 g/mol. The summed E-state index contributed by atoms with van der Waals surface area (Å²) in [5.41, 5.74) is 0.225. The van der Waals surface area contributed by atoms with E-state index in [0.717, 1.165) is 12.1 Å². The maximum absolute atomic E-state index is 13.5. The fourth-order valence-electron chi connectivity index (χ4n) is 2.29. The normalized spacial score (nSPS) is 10.8. The Morgan fingerprint density at radius 2 is 1.96 bits per heavy atom. The van der Waals surface area contributed by atoms with Gasteiger partial charge in [-0.2, -0.15) is 0 Å². The number of anilines is 1. The van der Waals surface area contributed by atoms with Gasteiger partial charge in [-0.05, 0) is 24.3 Å². The highest BCUT2D eigenvalue weighted by Crippen LogP contribution is 2.15. The van der Waals surface area contributed by atoms with Crippen LogP contribution in [0.25, 0.3) is 10.9 Å². The van der Waals surface area contributed by atoms with E-state index in [2.05, 4.69) is 10.3 Å². The lowest BCUT2D eigenvalue weighted by Gasteiger charge is -2.08. The summed E-state index contributed by atoms with van der Waals surface area (Å²) in [6, 6.07) is 9.79. The molecule has 0 aliphatic rings. The molecule has 0 aliphatic heterocycles. The summed E-state index contributed by atoms with van der Waals surface area (Å²) in [4.78, 5) is 28.3. The highest BCUT2D eigenvalue weighted by molar-refractivity contribution is 5.90. The van der Waals surface area contributed by atoms with Gasteiger partial charge in [-0.15, -0.1) is 0 Å². The number of aryl methyl sites for hydroxylation is 1. The standard InChI is InChI=1S/C17H13F2N3O2/c18-11-5-6-15(13(19)9-11)21-16(23)7-8-22-10-20-14-4-2-1-3-12(14)17(22)24/h1-6,9-10H,7-8H2,(H,21,23). The average molecular weight is 329 g/mol. The largest absolute Gasteiger partial charge is 0.324 e. The zero-order valence-corrected chi connectivity index (χ0v) is 12.5. The second kappa shape index (κ2) is 6.57. The van der Waals surface area contributed by atoms with Crippen LogP contribution in [0.4, 0.5) is 14.5 Å². The van der Waals surface area contributed by atoms with Crippen LogP contribution in [0.5, 0.6) is 0 Å². The molecule has 122 valence electrons. The smallest absolute Gasteiger partial charge is 0.261 e. The molecule has 0 atom stereocenters. The van der Waals surface area contributed by atoms with Crippen molar-refractivity contribution in [3.63, 3.8) is 0 Å². The number of para-hydroxylation sites is 1. The first kappa shape index (κ1) is 15.8. The molecular formula is C17H13F2N3O2. The van der Waals surface area contributed by atoms with E-state index in [4.69, 9.17) is 0 Å². The molecule has 1 amide bonds. The number of aromatic nitrogens is 2. The molecule has 0 aliphatic carbocycles. The summed E-state index contributed by atoms with van der Waals surface area (Å²) in [7, 11) is 0. The van der Waals surface area contributed by atoms with E-state index in [1.807, 2.05) is 0 Å². The van der Waals surface area contributed by atoms with Gasteiger partial charge in [0.2, 0.25) is 5.91 Å². The molecule has 3 rings (SSSR count). The van der Waals surface area contributed by atoms with Gasteiger partial charge in [-0.1, -0.05) is 12.1 Å². The predicted molar refractivity (Wildman–Crippen MR) is 85.6 cm³/mol. The van der Waals surface area contributed by atoms with E-state index in [1.165, 1.54) is 10.9 Å². The fourth-order valence-corrected chi connectivity index (χ4v) is 2.29. The van der Waals surface area contributed by atoms with E-state index in [1.54, 1.807) is 24.3 Å². The van der Waals surface area contributed by atoms with Crippen LogP contribution in [0.3, 0.4) is 0 Å². The SMILES string of the molecule is O=C(CCn1cnc2ccccc2c1=O)Nc1ccc(F)cc1F. The van der Waals surface area contributed by atoms with Crippen LogP contribution < -0.4 is 10.9 Å². The molecule has 0 unspecified atom stereocenters.